The molecule has 0 bridgehead atoms. The molecule has 1 aromatic rings. The topological polar surface area (TPSA) is 6.48 Å². The first-order chi connectivity index (χ1) is 11.1. The van der Waals surface area contributed by atoms with Gasteiger partial charge in [-0.15, -0.1) is 12.4 Å². The summed E-state index contributed by atoms with van der Waals surface area (Å²) < 4.78 is 0. The van der Waals surface area contributed by atoms with Gasteiger partial charge in [0.2, 0.25) is 0 Å². The highest BCUT2D eigenvalue weighted by molar-refractivity contribution is 5.85. The molecule has 2 fully saturated rings. The van der Waals surface area contributed by atoms with Crippen molar-refractivity contribution >= 4 is 18.1 Å². The molecule has 0 radical (unpaired) electrons. The number of hydrogen-bond acceptors (Lipinski definition) is 2. The normalized spacial score (nSPS) is 20.0. The molecule has 1 saturated heterocycles. The Balaban J connectivity index is 0.00000208. The fourth-order valence-electron chi connectivity index (χ4n) is 4.41. The lowest BCUT2D eigenvalue weighted by Crippen LogP contribution is -2.36. The van der Waals surface area contributed by atoms with Crippen molar-refractivity contribution in [2.24, 2.45) is 0 Å². The van der Waals surface area contributed by atoms with E-state index in [1.54, 1.807) is 0 Å². The Morgan fingerprint density at radius 2 is 1.46 bits per heavy atom. The lowest BCUT2D eigenvalue weighted by Gasteiger charge is -2.32. The van der Waals surface area contributed by atoms with E-state index >= 15 is 0 Å². The zero-order valence-corrected chi connectivity index (χ0v) is 16.7. The molecule has 0 spiro atoms. The van der Waals surface area contributed by atoms with Gasteiger partial charge in [-0.3, -0.25) is 4.90 Å². The van der Waals surface area contributed by atoms with Crippen molar-refractivity contribution in [3.8, 4) is 0 Å². The van der Waals surface area contributed by atoms with Crippen molar-refractivity contribution in [2.75, 3.05) is 24.7 Å². The van der Waals surface area contributed by atoms with Crippen molar-refractivity contribution in [1.82, 2.24) is 4.90 Å². The molecule has 1 aliphatic heterocycles. The molecule has 2 nitrogen and oxygen atoms in total. The van der Waals surface area contributed by atoms with Crippen molar-refractivity contribution < 1.29 is 0 Å². The van der Waals surface area contributed by atoms with Gasteiger partial charge >= 0.3 is 0 Å². The van der Waals surface area contributed by atoms with Crippen LogP contribution in [0.3, 0.4) is 0 Å². The highest BCUT2D eigenvalue weighted by Crippen LogP contribution is 2.37. The lowest BCUT2D eigenvalue weighted by molar-refractivity contribution is 0.193. The highest BCUT2D eigenvalue weighted by atomic mass is 35.5. The fourth-order valence-corrected chi connectivity index (χ4v) is 4.41. The summed E-state index contributed by atoms with van der Waals surface area (Å²) in [6.45, 7) is 12.9. The van der Waals surface area contributed by atoms with Gasteiger partial charge in [0.15, 0.2) is 0 Å². The summed E-state index contributed by atoms with van der Waals surface area (Å²) in [5, 5.41) is 0. The third-order valence-corrected chi connectivity index (χ3v) is 5.76. The van der Waals surface area contributed by atoms with Crippen LogP contribution in [-0.4, -0.2) is 30.7 Å². The van der Waals surface area contributed by atoms with Crippen molar-refractivity contribution in [2.45, 2.75) is 77.7 Å². The quantitative estimate of drug-likeness (QED) is 0.680. The Labute approximate surface area is 155 Å². The van der Waals surface area contributed by atoms with E-state index in [1.807, 2.05) is 0 Å². The molecule has 3 heteroatoms. The molecule has 24 heavy (non-hydrogen) atoms. The van der Waals surface area contributed by atoms with Crippen LogP contribution in [0.25, 0.3) is 0 Å². The van der Waals surface area contributed by atoms with Gasteiger partial charge in [-0.25, -0.2) is 0 Å². The molecule has 0 atom stereocenters. The van der Waals surface area contributed by atoms with E-state index in [0.29, 0.717) is 11.8 Å². The summed E-state index contributed by atoms with van der Waals surface area (Å²) in [6, 6.07) is 7.77. The summed E-state index contributed by atoms with van der Waals surface area (Å²) in [7, 11) is 0. The van der Waals surface area contributed by atoms with Crippen molar-refractivity contribution in [3.05, 3.63) is 29.3 Å². The Morgan fingerprint density at radius 1 is 0.875 bits per heavy atom. The van der Waals surface area contributed by atoms with Crippen LogP contribution < -0.4 is 4.90 Å². The maximum atomic E-state index is 2.75. The second-order valence-electron chi connectivity index (χ2n) is 8.10. The van der Waals surface area contributed by atoms with Gasteiger partial charge in [0, 0.05) is 24.8 Å². The van der Waals surface area contributed by atoms with Gasteiger partial charge in [0.25, 0.3) is 0 Å². The third-order valence-electron chi connectivity index (χ3n) is 5.76. The summed E-state index contributed by atoms with van der Waals surface area (Å²) in [4.78, 5) is 5.42. The minimum atomic E-state index is 0. The van der Waals surface area contributed by atoms with E-state index in [4.69, 9.17) is 0 Å². The second-order valence-corrected chi connectivity index (χ2v) is 8.10. The van der Waals surface area contributed by atoms with Gasteiger partial charge in [0.1, 0.15) is 0 Å². The largest absolute Gasteiger partial charge is 0.357 e. The van der Waals surface area contributed by atoms with Crippen molar-refractivity contribution in [3.63, 3.8) is 0 Å². The van der Waals surface area contributed by atoms with E-state index in [-0.39, 0.29) is 12.4 Å². The van der Waals surface area contributed by atoms with Crippen LogP contribution in [0.2, 0.25) is 0 Å². The summed E-state index contributed by atoms with van der Waals surface area (Å²) in [6.07, 6.45) is 7.14. The van der Waals surface area contributed by atoms with Gasteiger partial charge in [-0.05, 0) is 35.8 Å². The SMILES string of the molecule is CC(C)c1cccc(C(C)C)c1N1CCN(C2CCCCC2)C1.Cl. The highest BCUT2D eigenvalue weighted by Gasteiger charge is 2.30. The van der Waals surface area contributed by atoms with Gasteiger partial charge in [0.05, 0.1) is 6.67 Å². The smallest absolute Gasteiger partial charge is 0.0710 e. The number of halogens is 1. The summed E-state index contributed by atoms with van der Waals surface area (Å²) in [5.74, 6) is 1.18. The molecule has 1 aliphatic carbocycles. The zero-order valence-electron chi connectivity index (χ0n) is 15.9. The Morgan fingerprint density at radius 3 is 2.00 bits per heavy atom. The predicted molar refractivity (Wildman–Crippen MR) is 108 cm³/mol. The second kappa shape index (κ2) is 8.58. The first kappa shape index (κ1) is 19.6. The molecule has 0 aromatic heterocycles. The van der Waals surface area contributed by atoms with Crippen LogP contribution in [-0.2, 0) is 0 Å². The van der Waals surface area contributed by atoms with E-state index in [1.165, 1.54) is 62.0 Å². The molecule has 0 N–H and O–H groups in total. The third kappa shape index (κ3) is 4.08. The van der Waals surface area contributed by atoms with Crippen LogP contribution >= 0.6 is 12.4 Å². The first-order valence-electron chi connectivity index (χ1n) is 9.69. The summed E-state index contributed by atoms with van der Waals surface area (Å²) >= 11 is 0. The van der Waals surface area contributed by atoms with Gasteiger partial charge in [-0.2, -0.15) is 0 Å². The van der Waals surface area contributed by atoms with Gasteiger partial charge in [-0.1, -0.05) is 65.2 Å². The average molecular weight is 351 g/mol. The molecule has 0 amide bonds. The molecule has 1 saturated carbocycles. The van der Waals surface area contributed by atoms with Crippen LogP contribution in [0.5, 0.6) is 0 Å². The van der Waals surface area contributed by atoms with Crippen LogP contribution in [0.4, 0.5) is 5.69 Å². The Kier molecular flexibility index (Phi) is 7.00. The number of nitrogens with zero attached hydrogens (tertiary/aromatic N) is 2. The van der Waals surface area contributed by atoms with Crippen LogP contribution in [0.1, 0.15) is 82.8 Å². The van der Waals surface area contributed by atoms with E-state index in [9.17, 15) is 0 Å². The molecule has 0 unspecified atom stereocenters. The predicted octanol–water partition coefficient (Wildman–Crippen LogP) is 5.77. The number of para-hydroxylation sites is 1. The standard InChI is InChI=1S/C21H34N2.ClH/c1-16(2)19-11-8-12-20(17(3)4)21(19)23-14-13-22(15-23)18-9-6-5-7-10-18;/h8,11-12,16-18H,5-7,9-10,13-15H2,1-4H3;1H. The summed E-state index contributed by atoms with van der Waals surface area (Å²) in [5.41, 5.74) is 4.60. The fraction of sp³-hybridized carbons (Fsp3) is 0.714. The number of rotatable bonds is 4. The molecule has 3 rings (SSSR count). The number of hydrogen-bond donors (Lipinski definition) is 0. The average Bonchev–Trinajstić information content (AvgIpc) is 3.04. The minimum Gasteiger partial charge on any atom is -0.357 e. The Bertz CT molecular complexity index is 494. The number of anilines is 1. The minimum absolute atomic E-state index is 0. The maximum Gasteiger partial charge on any atom is 0.0710 e. The molecular formula is C21H35ClN2. The van der Waals surface area contributed by atoms with Gasteiger partial charge < -0.3 is 4.90 Å². The molecule has 136 valence electrons. The van der Waals surface area contributed by atoms with E-state index < -0.39 is 0 Å². The monoisotopic (exact) mass is 350 g/mol. The van der Waals surface area contributed by atoms with Crippen LogP contribution in [0.15, 0.2) is 18.2 Å². The Hall–Kier alpha value is -0.730. The van der Waals surface area contributed by atoms with E-state index in [2.05, 4.69) is 55.7 Å². The molecule has 1 heterocycles. The number of benzene rings is 1. The molecule has 2 aliphatic rings. The maximum absolute atomic E-state index is 2.75. The van der Waals surface area contributed by atoms with Crippen molar-refractivity contribution in [1.29, 1.82) is 0 Å². The lowest BCUT2D eigenvalue weighted by atomic mass is 9.92. The molecule has 1 aromatic carbocycles. The first-order valence-corrected chi connectivity index (χ1v) is 9.69. The zero-order chi connectivity index (χ0) is 16.4. The van der Waals surface area contributed by atoms with E-state index in [0.717, 1.165) is 12.7 Å². The molecular weight excluding hydrogens is 316 g/mol. The van der Waals surface area contributed by atoms with Crippen LogP contribution in [0, 0.1) is 0 Å².